The van der Waals surface area contributed by atoms with E-state index in [1.54, 1.807) is 0 Å². The van der Waals surface area contributed by atoms with E-state index in [4.69, 9.17) is 4.74 Å². The molecular weight excluding hydrogens is 180 g/mol. The molecule has 0 aromatic carbocycles. The van der Waals surface area contributed by atoms with Gasteiger partial charge in [0.05, 0.1) is 12.7 Å². The molecule has 1 aliphatic rings. The summed E-state index contributed by atoms with van der Waals surface area (Å²) in [5.41, 5.74) is 0.0205. The lowest BCUT2D eigenvalue weighted by Crippen LogP contribution is -2.25. The Kier molecular flexibility index (Phi) is 4.14. The number of carbonyl (C=O) groups excluding carboxylic acids is 1. The third-order valence-corrected chi connectivity index (χ3v) is 2.82. The van der Waals surface area contributed by atoms with E-state index in [-0.39, 0.29) is 11.5 Å². The zero-order valence-electron chi connectivity index (χ0n) is 8.61. The first-order valence-corrected chi connectivity index (χ1v) is 5.06. The van der Waals surface area contributed by atoms with Gasteiger partial charge in [0, 0.05) is 5.41 Å². The van der Waals surface area contributed by atoms with Gasteiger partial charge in [0.2, 0.25) is 0 Å². The number of carbonyl (C=O) groups is 1. The van der Waals surface area contributed by atoms with Gasteiger partial charge in [0.25, 0.3) is 6.47 Å². The second-order valence-electron chi connectivity index (χ2n) is 4.29. The van der Waals surface area contributed by atoms with Gasteiger partial charge >= 0.3 is 0 Å². The monoisotopic (exact) mass is 198 g/mol. The van der Waals surface area contributed by atoms with Crippen molar-refractivity contribution < 1.29 is 14.6 Å². The largest absolute Gasteiger partial charge is 0.467 e. The third-order valence-electron chi connectivity index (χ3n) is 2.82. The summed E-state index contributed by atoms with van der Waals surface area (Å²) in [6.45, 7) is 3.05. The van der Waals surface area contributed by atoms with Crippen LogP contribution in [0.2, 0.25) is 0 Å². The van der Waals surface area contributed by atoms with Crippen molar-refractivity contribution in [2.45, 2.75) is 38.7 Å². The molecule has 3 heteroatoms. The summed E-state index contributed by atoms with van der Waals surface area (Å²) >= 11 is 0. The normalized spacial score (nSPS) is 35.4. The maximum absolute atomic E-state index is 10.1. The lowest BCUT2D eigenvalue weighted by Gasteiger charge is -2.29. The Morgan fingerprint density at radius 2 is 2.43 bits per heavy atom. The van der Waals surface area contributed by atoms with Gasteiger partial charge in [0.15, 0.2) is 0 Å². The molecule has 0 radical (unpaired) electrons. The molecule has 0 saturated carbocycles. The van der Waals surface area contributed by atoms with Crippen LogP contribution in [0.5, 0.6) is 0 Å². The number of allylic oxidation sites excluding steroid dienone is 1. The van der Waals surface area contributed by atoms with Crippen molar-refractivity contribution in [2.24, 2.45) is 5.41 Å². The van der Waals surface area contributed by atoms with Gasteiger partial charge in [-0.05, 0) is 25.7 Å². The average molecular weight is 198 g/mol. The van der Waals surface area contributed by atoms with Crippen LogP contribution in [0, 0.1) is 5.41 Å². The highest BCUT2D eigenvalue weighted by Gasteiger charge is 2.26. The minimum absolute atomic E-state index is 0.0205. The molecule has 0 heterocycles. The van der Waals surface area contributed by atoms with E-state index in [2.05, 4.69) is 6.92 Å². The van der Waals surface area contributed by atoms with Crippen LogP contribution in [-0.4, -0.2) is 24.3 Å². The Bertz CT molecular complexity index is 213. The maximum Gasteiger partial charge on any atom is 0.293 e. The number of rotatable bonds is 3. The maximum atomic E-state index is 10.1. The predicted molar refractivity (Wildman–Crippen MR) is 53.7 cm³/mol. The first-order valence-electron chi connectivity index (χ1n) is 5.06. The van der Waals surface area contributed by atoms with E-state index in [9.17, 15) is 9.90 Å². The smallest absolute Gasteiger partial charge is 0.293 e. The highest BCUT2D eigenvalue weighted by molar-refractivity contribution is 5.37. The number of ether oxygens (including phenoxy) is 1. The third kappa shape index (κ3) is 3.50. The van der Waals surface area contributed by atoms with Gasteiger partial charge in [-0.25, -0.2) is 0 Å². The minimum Gasteiger partial charge on any atom is -0.467 e. The molecule has 0 aromatic rings. The van der Waals surface area contributed by atoms with Crippen molar-refractivity contribution in [1.82, 2.24) is 0 Å². The van der Waals surface area contributed by atoms with E-state index < -0.39 is 0 Å². The SMILES string of the molecule is C[C@]1(COC=O)CC/C=C\[C@@H](O)CC1. The second-order valence-corrected chi connectivity index (χ2v) is 4.29. The van der Waals surface area contributed by atoms with Gasteiger partial charge in [0.1, 0.15) is 0 Å². The van der Waals surface area contributed by atoms with E-state index >= 15 is 0 Å². The summed E-state index contributed by atoms with van der Waals surface area (Å²) in [6, 6.07) is 0. The molecule has 0 spiro atoms. The summed E-state index contributed by atoms with van der Waals surface area (Å²) in [6.07, 6.45) is 7.09. The van der Waals surface area contributed by atoms with Crippen molar-refractivity contribution >= 4 is 6.47 Å². The molecule has 80 valence electrons. The van der Waals surface area contributed by atoms with Gasteiger partial charge in [-0.15, -0.1) is 0 Å². The molecule has 0 saturated heterocycles. The summed E-state index contributed by atoms with van der Waals surface area (Å²) < 4.78 is 4.82. The van der Waals surface area contributed by atoms with Gasteiger partial charge < -0.3 is 9.84 Å². The quantitative estimate of drug-likeness (QED) is 0.554. The van der Waals surface area contributed by atoms with Crippen molar-refractivity contribution in [2.75, 3.05) is 6.61 Å². The average Bonchev–Trinajstić information content (AvgIpc) is 2.17. The van der Waals surface area contributed by atoms with Crippen LogP contribution in [0.3, 0.4) is 0 Å². The van der Waals surface area contributed by atoms with Crippen LogP contribution >= 0.6 is 0 Å². The first kappa shape index (κ1) is 11.2. The Morgan fingerprint density at radius 1 is 1.64 bits per heavy atom. The van der Waals surface area contributed by atoms with Crippen LogP contribution in [0.4, 0.5) is 0 Å². The summed E-state index contributed by atoms with van der Waals surface area (Å²) in [5, 5.41) is 9.47. The van der Waals surface area contributed by atoms with Gasteiger partial charge in [-0.3, -0.25) is 4.79 Å². The molecule has 0 fully saturated rings. The molecule has 0 aromatic heterocycles. The Balaban J connectivity index is 2.51. The van der Waals surface area contributed by atoms with Crippen molar-refractivity contribution in [3.63, 3.8) is 0 Å². The van der Waals surface area contributed by atoms with Crippen molar-refractivity contribution in [1.29, 1.82) is 0 Å². The summed E-state index contributed by atoms with van der Waals surface area (Å²) in [5.74, 6) is 0. The minimum atomic E-state index is -0.342. The van der Waals surface area contributed by atoms with Gasteiger partial charge in [-0.1, -0.05) is 19.1 Å². The molecule has 14 heavy (non-hydrogen) atoms. The Hall–Kier alpha value is -0.830. The predicted octanol–water partition coefficient (Wildman–Crippen LogP) is 1.66. The molecule has 3 nitrogen and oxygen atoms in total. The zero-order valence-corrected chi connectivity index (χ0v) is 8.61. The highest BCUT2D eigenvalue weighted by Crippen LogP contribution is 2.31. The lowest BCUT2D eigenvalue weighted by atomic mass is 9.79. The van der Waals surface area contributed by atoms with Crippen LogP contribution in [0.25, 0.3) is 0 Å². The molecule has 2 atom stereocenters. The molecule has 1 N–H and O–H groups in total. The highest BCUT2D eigenvalue weighted by atomic mass is 16.5. The summed E-state index contributed by atoms with van der Waals surface area (Å²) in [7, 11) is 0. The van der Waals surface area contributed by atoms with E-state index in [1.807, 2.05) is 12.2 Å². The van der Waals surface area contributed by atoms with Gasteiger partial charge in [-0.2, -0.15) is 0 Å². The topological polar surface area (TPSA) is 46.5 Å². The molecular formula is C11H18O3. The molecule has 0 unspecified atom stereocenters. The van der Waals surface area contributed by atoms with E-state index in [1.165, 1.54) is 0 Å². The molecule has 0 bridgehead atoms. The molecule has 0 aliphatic heterocycles. The van der Waals surface area contributed by atoms with E-state index in [0.29, 0.717) is 13.1 Å². The first-order chi connectivity index (χ1) is 6.66. The number of hydrogen-bond donors (Lipinski definition) is 1. The van der Waals surface area contributed by atoms with Crippen LogP contribution in [0.1, 0.15) is 32.6 Å². The van der Waals surface area contributed by atoms with Crippen molar-refractivity contribution in [3.8, 4) is 0 Å². The fraction of sp³-hybridized carbons (Fsp3) is 0.727. The zero-order chi connectivity index (χ0) is 10.4. The number of hydrogen-bond acceptors (Lipinski definition) is 3. The Labute approximate surface area is 84.8 Å². The molecule has 1 rings (SSSR count). The summed E-state index contributed by atoms with van der Waals surface area (Å²) in [4.78, 5) is 10.1. The lowest BCUT2D eigenvalue weighted by molar-refractivity contribution is -0.132. The second kappa shape index (κ2) is 5.15. The standard InChI is InChI=1S/C11H18O3/c1-11(8-14-9-12)6-3-2-4-10(13)5-7-11/h2,4,9-10,13H,3,5-8H2,1H3/b4-2-/t10-,11+/m1/s1. The van der Waals surface area contributed by atoms with Crippen LogP contribution < -0.4 is 0 Å². The van der Waals surface area contributed by atoms with Crippen LogP contribution in [-0.2, 0) is 9.53 Å². The van der Waals surface area contributed by atoms with Crippen molar-refractivity contribution in [3.05, 3.63) is 12.2 Å². The number of aliphatic hydroxyl groups is 1. The fourth-order valence-corrected chi connectivity index (χ4v) is 1.78. The Morgan fingerprint density at radius 3 is 3.14 bits per heavy atom. The number of aliphatic hydroxyl groups excluding tert-OH is 1. The van der Waals surface area contributed by atoms with E-state index in [0.717, 1.165) is 25.7 Å². The molecule has 0 amide bonds. The molecule has 1 aliphatic carbocycles. The van der Waals surface area contributed by atoms with Crippen LogP contribution in [0.15, 0.2) is 12.2 Å². The fourth-order valence-electron chi connectivity index (χ4n) is 1.78.